The standard InChI is InChI=1S/C19H26N4O3.ClH/c1-12(20)17(24)22-15-9-7-14-8-10-16(23(14)19(15)26)18(25)21-11-13-5-3-2-4-6-13;/h2-6,12,14-16H,7-11,20H2,1H3,(H,21,25)(H,22,24);1H/t12-,14-,15?,16-;/m0./s1. The first-order valence-corrected chi connectivity index (χ1v) is 9.17. The molecule has 3 rings (SSSR count). The number of hydrogen-bond donors (Lipinski definition) is 3. The summed E-state index contributed by atoms with van der Waals surface area (Å²) in [5.74, 6) is -0.650. The molecule has 2 aliphatic rings. The largest absolute Gasteiger partial charge is 0.350 e. The summed E-state index contributed by atoms with van der Waals surface area (Å²) in [5, 5.41) is 5.64. The first kappa shape index (κ1) is 21.2. The van der Waals surface area contributed by atoms with Gasteiger partial charge in [0, 0.05) is 12.6 Å². The van der Waals surface area contributed by atoms with Crippen LogP contribution in [-0.4, -0.2) is 46.8 Å². The van der Waals surface area contributed by atoms with Gasteiger partial charge < -0.3 is 21.3 Å². The summed E-state index contributed by atoms with van der Waals surface area (Å²) in [6, 6.07) is 8.03. The van der Waals surface area contributed by atoms with Crippen molar-refractivity contribution >= 4 is 30.1 Å². The molecule has 0 radical (unpaired) electrons. The van der Waals surface area contributed by atoms with Crippen molar-refractivity contribution in [1.29, 1.82) is 0 Å². The van der Waals surface area contributed by atoms with E-state index in [1.54, 1.807) is 11.8 Å². The molecule has 0 aromatic heterocycles. The Balaban J connectivity index is 0.00000261. The van der Waals surface area contributed by atoms with Crippen molar-refractivity contribution in [2.24, 2.45) is 5.73 Å². The molecule has 0 saturated carbocycles. The van der Waals surface area contributed by atoms with E-state index in [9.17, 15) is 14.4 Å². The SMILES string of the molecule is C[C@H](N)C(=O)NC1CC[C@H]2CC[C@@H](C(=O)NCc3ccccc3)N2C1=O.Cl. The van der Waals surface area contributed by atoms with Gasteiger partial charge in [0.2, 0.25) is 17.7 Å². The predicted octanol–water partition coefficient (Wildman–Crippen LogP) is 0.710. The van der Waals surface area contributed by atoms with Crippen molar-refractivity contribution in [1.82, 2.24) is 15.5 Å². The lowest BCUT2D eigenvalue weighted by Gasteiger charge is -2.38. The minimum absolute atomic E-state index is 0. The Morgan fingerprint density at radius 3 is 2.52 bits per heavy atom. The zero-order valence-electron chi connectivity index (χ0n) is 15.4. The van der Waals surface area contributed by atoms with Gasteiger partial charge in [0.15, 0.2) is 0 Å². The van der Waals surface area contributed by atoms with Crippen LogP contribution in [0, 0.1) is 0 Å². The van der Waals surface area contributed by atoms with Crippen molar-refractivity contribution < 1.29 is 14.4 Å². The molecular formula is C19H27ClN4O3. The molecule has 27 heavy (non-hydrogen) atoms. The lowest BCUT2D eigenvalue weighted by atomic mass is 9.97. The molecule has 2 aliphatic heterocycles. The summed E-state index contributed by atoms with van der Waals surface area (Å²) in [7, 11) is 0. The fourth-order valence-electron chi connectivity index (χ4n) is 3.76. The molecule has 2 heterocycles. The van der Waals surface area contributed by atoms with E-state index in [2.05, 4.69) is 10.6 Å². The van der Waals surface area contributed by atoms with E-state index in [0.29, 0.717) is 19.4 Å². The summed E-state index contributed by atoms with van der Waals surface area (Å²) < 4.78 is 0. The molecule has 2 fully saturated rings. The van der Waals surface area contributed by atoms with Crippen LogP contribution < -0.4 is 16.4 Å². The Hall–Kier alpha value is -2.12. The lowest BCUT2D eigenvalue weighted by Crippen LogP contribution is -2.59. The van der Waals surface area contributed by atoms with Gasteiger partial charge in [-0.1, -0.05) is 30.3 Å². The molecule has 1 aromatic rings. The molecule has 1 unspecified atom stereocenters. The first-order chi connectivity index (χ1) is 12.5. The maximum atomic E-state index is 12.8. The quantitative estimate of drug-likeness (QED) is 0.684. The molecule has 148 valence electrons. The molecule has 3 amide bonds. The third-order valence-corrected chi connectivity index (χ3v) is 5.19. The second kappa shape index (κ2) is 9.19. The van der Waals surface area contributed by atoms with Crippen molar-refractivity contribution in [3.05, 3.63) is 35.9 Å². The van der Waals surface area contributed by atoms with E-state index < -0.39 is 18.1 Å². The zero-order chi connectivity index (χ0) is 18.7. The Kier molecular flexibility index (Phi) is 7.21. The summed E-state index contributed by atoms with van der Waals surface area (Å²) >= 11 is 0. The van der Waals surface area contributed by atoms with Crippen molar-refractivity contribution in [2.45, 2.75) is 63.3 Å². The summed E-state index contributed by atoms with van der Waals surface area (Å²) in [4.78, 5) is 39.0. The van der Waals surface area contributed by atoms with E-state index in [-0.39, 0.29) is 36.2 Å². The predicted molar refractivity (Wildman–Crippen MR) is 104 cm³/mol. The summed E-state index contributed by atoms with van der Waals surface area (Å²) in [5.41, 5.74) is 6.59. The van der Waals surface area contributed by atoms with Crippen LogP contribution in [0.25, 0.3) is 0 Å². The number of benzene rings is 1. The van der Waals surface area contributed by atoms with Gasteiger partial charge >= 0.3 is 0 Å². The van der Waals surface area contributed by atoms with E-state index >= 15 is 0 Å². The van der Waals surface area contributed by atoms with Crippen molar-refractivity contribution in [3.8, 4) is 0 Å². The molecule has 8 heteroatoms. The molecule has 1 aromatic carbocycles. The highest BCUT2D eigenvalue weighted by Crippen LogP contribution is 2.32. The Labute approximate surface area is 165 Å². The Morgan fingerprint density at radius 1 is 1.19 bits per heavy atom. The Bertz CT molecular complexity index is 683. The second-order valence-corrected chi connectivity index (χ2v) is 7.12. The number of carbonyl (C=O) groups is 3. The molecule has 7 nitrogen and oxygen atoms in total. The van der Waals surface area contributed by atoms with Crippen LogP contribution in [0.2, 0.25) is 0 Å². The normalized spacial score (nSPS) is 25.2. The number of piperidine rings is 1. The monoisotopic (exact) mass is 394 g/mol. The smallest absolute Gasteiger partial charge is 0.246 e. The number of fused-ring (bicyclic) bond motifs is 1. The topological polar surface area (TPSA) is 105 Å². The van der Waals surface area contributed by atoms with E-state index in [0.717, 1.165) is 18.4 Å². The number of halogens is 1. The molecule has 0 aliphatic carbocycles. The molecule has 0 spiro atoms. The zero-order valence-corrected chi connectivity index (χ0v) is 16.2. The van der Waals surface area contributed by atoms with Gasteiger partial charge in [-0.05, 0) is 38.2 Å². The van der Waals surface area contributed by atoms with Crippen molar-refractivity contribution in [3.63, 3.8) is 0 Å². The average molecular weight is 395 g/mol. The highest BCUT2D eigenvalue weighted by molar-refractivity contribution is 5.94. The van der Waals surface area contributed by atoms with Gasteiger partial charge in [-0.15, -0.1) is 12.4 Å². The molecule has 0 bridgehead atoms. The molecular weight excluding hydrogens is 368 g/mol. The van der Waals surface area contributed by atoms with Gasteiger partial charge in [-0.3, -0.25) is 14.4 Å². The van der Waals surface area contributed by atoms with Crippen LogP contribution in [0.4, 0.5) is 0 Å². The highest BCUT2D eigenvalue weighted by atomic mass is 35.5. The van der Waals surface area contributed by atoms with E-state index in [4.69, 9.17) is 5.73 Å². The minimum Gasteiger partial charge on any atom is -0.350 e. The van der Waals surface area contributed by atoms with Gasteiger partial charge in [-0.2, -0.15) is 0 Å². The number of rotatable bonds is 5. The maximum Gasteiger partial charge on any atom is 0.246 e. The van der Waals surface area contributed by atoms with Crippen LogP contribution >= 0.6 is 12.4 Å². The van der Waals surface area contributed by atoms with E-state index in [1.807, 2.05) is 30.3 Å². The first-order valence-electron chi connectivity index (χ1n) is 9.17. The molecule has 4 N–H and O–H groups in total. The number of nitrogens with two attached hydrogens (primary N) is 1. The van der Waals surface area contributed by atoms with E-state index in [1.165, 1.54) is 0 Å². The van der Waals surface area contributed by atoms with Crippen molar-refractivity contribution in [2.75, 3.05) is 0 Å². The van der Waals surface area contributed by atoms with Crippen LogP contribution in [0.15, 0.2) is 30.3 Å². The molecule has 2 saturated heterocycles. The fourth-order valence-corrected chi connectivity index (χ4v) is 3.76. The number of amides is 3. The fraction of sp³-hybridized carbons (Fsp3) is 0.526. The van der Waals surface area contributed by atoms with Crippen LogP contribution in [0.3, 0.4) is 0 Å². The number of nitrogens with zero attached hydrogens (tertiary/aromatic N) is 1. The summed E-state index contributed by atoms with van der Waals surface area (Å²) in [6.45, 7) is 2.02. The van der Waals surface area contributed by atoms with Gasteiger partial charge in [0.1, 0.15) is 12.1 Å². The van der Waals surface area contributed by atoms with Crippen LogP contribution in [0.1, 0.15) is 38.2 Å². The van der Waals surface area contributed by atoms with Crippen LogP contribution in [0.5, 0.6) is 0 Å². The van der Waals surface area contributed by atoms with Gasteiger partial charge in [0.25, 0.3) is 0 Å². The Morgan fingerprint density at radius 2 is 1.85 bits per heavy atom. The third-order valence-electron chi connectivity index (χ3n) is 5.19. The van der Waals surface area contributed by atoms with Gasteiger partial charge in [0.05, 0.1) is 6.04 Å². The number of hydrogen-bond acceptors (Lipinski definition) is 4. The minimum atomic E-state index is -0.663. The second-order valence-electron chi connectivity index (χ2n) is 7.12. The number of nitrogens with one attached hydrogen (secondary N) is 2. The maximum absolute atomic E-state index is 12.8. The van der Waals surface area contributed by atoms with Crippen LogP contribution in [-0.2, 0) is 20.9 Å². The summed E-state index contributed by atoms with van der Waals surface area (Å²) in [6.07, 6.45) is 2.86. The molecule has 4 atom stereocenters. The third kappa shape index (κ3) is 4.78. The number of carbonyl (C=O) groups excluding carboxylic acids is 3. The lowest BCUT2D eigenvalue weighted by molar-refractivity contribution is -0.146. The average Bonchev–Trinajstić information content (AvgIpc) is 3.07. The van der Waals surface area contributed by atoms with Gasteiger partial charge in [-0.25, -0.2) is 0 Å². The highest BCUT2D eigenvalue weighted by Gasteiger charge is 2.46.